The van der Waals surface area contributed by atoms with E-state index in [1.807, 2.05) is 13.8 Å². The number of nitrogens with one attached hydrogen (secondary N) is 1. The molecule has 0 saturated carbocycles. The number of nitrogens with zero attached hydrogens (tertiary/aromatic N) is 1. The molecule has 1 rings (SSSR count). The van der Waals surface area contributed by atoms with Crippen LogP contribution in [-0.4, -0.2) is 33.8 Å². The molecule has 0 aromatic heterocycles. The Bertz CT molecular complexity index is 486. The first-order valence-corrected chi connectivity index (χ1v) is 7.89. The second kappa shape index (κ2) is 6.86. The van der Waals surface area contributed by atoms with Crippen molar-refractivity contribution in [3.05, 3.63) is 30.1 Å². The quantitative estimate of drug-likeness (QED) is 0.781. The summed E-state index contributed by atoms with van der Waals surface area (Å²) in [6.07, 6.45) is 0.548. The van der Waals surface area contributed by atoms with E-state index in [4.69, 9.17) is 0 Å². The predicted octanol–water partition coefficient (Wildman–Crippen LogP) is 1.98. The normalized spacial score (nSPS) is 11.8. The van der Waals surface area contributed by atoms with Gasteiger partial charge in [0, 0.05) is 13.1 Å². The molecular weight excluding hydrogens is 267 g/mol. The van der Waals surface area contributed by atoms with Crippen LogP contribution in [0.5, 0.6) is 0 Å². The standard InChI is InChI=1S/C13H21FN2O2S/c1-11(2)15-9-4-10-19(17,18)16(3)13-7-5-12(14)6-8-13/h5-8,11,15H,4,9-10H2,1-3H3. The summed E-state index contributed by atoms with van der Waals surface area (Å²) in [7, 11) is -1.87. The van der Waals surface area contributed by atoms with E-state index in [0.717, 1.165) is 0 Å². The van der Waals surface area contributed by atoms with Crippen molar-refractivity contribution in [2.75, 3.05) is 23.7 Å². The maximum atomic E-state index is 12.8. The molecule has 0 saturated heterocycles. The van der Waals surface area contributed by atoms with Gasteiger partial charge in [-0.05, 0) is 37.2 Å². The van der Waals surface area contributed by atoms with E-state index in [1.165, 1.54) is 35.6 Å². The molecule has 1 N–H and O–H groups in total. The molecule has 0 heterocycles. The molecule has 0 unspecified atom stereocenters. The second-order valence-electron chi connectivity index (χ2n) is 4.72. The van der Waals surface area contributed by atoms with E-state index < -0.39 is 10.0 Å². The molecule has 4 nitrogen and oxygen atoms in total. The predicted molar refractivity (Wildman–Crippen MR) is 76.3 cm³/mol. The molecule has 0 spiro atoms. The minimum Gasteiger partial charge on any atom is -0.314 e. The zero-order valence-electron chi connectivity index (χ0n) is 11.6. The highest BCUT2D eigenvalue weighted by Gasteiger charge is 2.17. The van der Waals surface area contributed by atoms with Crippen LogP contribution in [0.1, 0.15) is 20.3 Å². The largest absolute Gasteiger partial charge is 0.314 e. The Hall–Kier alpha value is -1.14. The molecule has 0 amide bonds. The second-order valence-corrected chi connectivity index (χ2v) is 6.84. The number of anilines is 1. The van der Waals surface area contributed by atoms with E-state index in [1.54, 1.807) is 0 Å². The first-order chi connectivity index (χ1) is 8.83. The van der Waals surface area contributed by atoms with Crippen molar-refractivity contribution in [1.82, 2.24) is 5.32 Å². The molecule has 0 bridgehead atoms. The number of benzene rings is 1. The molecule has 1 aromatic carbocycles. The molecule has 1 aromatic rings. The van der Waals surface area contributed by atoms with Crippen LogP contribution in [0, 0.1) is 5.82 Å². The maximum Gasteiger partial charge on any atom is 0.234 e. The summed E-state index contributed by atoms with van der Waals surface area (Å²) in [6, 6.07) is 5.76. The van der Waals surface area contributed by atoms with Crippen molar-refractivity contribution in [1.29, 1.82) is 0 Å². The van der Waals surface area contributed by atoms with Crippen molar-refractivity contribution in [3.63, 3.8) is 0 Å². The van der Waals surface area contributed by atoms with Gasteiger partial charge < -0.3 is 5.32 Å². The van der Waals surface area contributed by atoms with Gasteiger partial charge in [0.1, 0.15) is 5.82 Å². The molecule has 6 heteroatoms. The number of hydrogen-bond acceptors (Lipinski definition) is 3. The number of halogens is 1. The Morgan fingerprint density at radius 3 is 2.37 bits per heavy atom. The summed E-state index contributed by atoms with van der Waals surface area (Å²) in [5, 5.41) is 3.17. The van der Waals surface area contributed by atoms with E-state index >= 15 is 0 Å². The van der Waals surface area contributed by atoms with Gasteiger partial charge >= 0.3 is 0 Å². The van der Waals surface area contributed by atoms with Gasteiger partial charge in [-0.3, -0.25) is 4.31 Å². The summed E-state index contributed by atoms with van der Waals surface area (Å²) in [5.41, 5.74) is 0.471. The Kier molecular flexibility index (Phi) is 5.75. The summed E-state index contributed by atoms with van der Waals surface area (Å²) in [6.45, 7) is 4.69. The molecule has 19 heavy (non-hydrogen) atoms. The number of hydrogen-bond donors (Lipinski definition) is 1. The first kappa shape index (κ1) is 15.9. The third-order valence-corrected chi connectivity index (χ3v) is 4.59. The van der Waals surface area contributed by atoms with Gasteiger partial charge in [-0.2, -0.15) is 0 Å². The van der Waals surface area contributed by atoms with Crippen molar-refractivity contribution in [3.8, 4) is 0 Å². The fourth-order valence-corrected chi connectivity index (χ4v) is 2.82. The van der Waals surface area contributed by atoms with Gasteiger partial charge in [-0.15, -0.1) is 0 Å². The smallest absolute Gasteiger partial charge is 0.234 e. The first-order valence-electron chi connectivity index (χ1n) is 6.28. The maximum absolute atomic E-state index is 12.8. The fourth-order valence-electron chi connectivity index (χ4n) is 1.59. The Balaban J connectivity index is 2.59. The van der Waals surface area contributed by atoms with Gasteiger partial charge in [-0.1, -0.05) is 13.8 Å². The Morgan fingerprint density at radius 1 is 1.26 bits per heavy atom. The SMILES string of the molecule is CC(C)NCCCS(=O)(=O)N(C)c1ccc(F)cc1. The fraction of sp³-hybridized carbons (Fsp3) is 0.538. The van der Waals surface area contributed by atoms with Crippen molar-refractivity contribution < 1.29 is 12.8 Å². The summed E-state index contributed by atoms with van der Waals surface area (Å²) < 4.78 is 38.1. The highest BCUT2D eigenvalue weighted by Crippen LogP contribution is 2.17. The van der Waals surface area contributed by atoms with Crippen LogP contribution in [0.15, 0.2) is 24.3 Å². The molecule has 0 aliphatic rings. The molecule has 0 atom stereocenters. The minimum absolute atomic E-state index is 0.0700. The average Bonchev–Trinajstić information content (AvgIpc) is 2.34. The van der Waals surface area contributed by atoms with Gasteiger partial charge in [0.2, 0.25) is 10.0 Å². The molecule has 0 radical (unpaired) electrons. The van der Waals surface area contributed by atoms with E-state index in [0.29, 0.717) is 24.7 Å². The van der Waals surface area contributed by atoms with Gasteiger partial charge in [0.15, 0.2) is 0 Å². The lowest BCUT2D eigenvalue weighted by atomic mass is 10.3. The zero-order chi connectivity index (χ0) is 14.5. The highest BCUT2D eigenvalue weighted by molar-refractivity contribution is 7.92. The van der Waals surface area contributed by atoms with Crippen LogP contribution in [0.25, 0.3) is 0 Å². The summed E-state index contributed by atoms with van der Waals surface area (Å²) >= 11 is 0. The van der Waals surface area contributed by atoms with E-state index in [2.05, 4.69) is 5.32 Å². The van der Waals surface area contributed by atoms with Gasteiger partial charge in [0.05, 0.1) is 11.4 Å². The van der Waals surface area contributed by atoms with E-state index in [-0.39, 0.29) is 11.6 Å². The average molecular weight is 288 g/mol. The third-order valence-electron chi connectivity index (χ3n) is 2.74. The lowest BCUT2D eigenvalue weighted by Gasteiger charge is -2.19. The van der Waals surface area contributed by atoms with E-state index in [9.17, 15) is 12.8 Å². The molecule has 0 fully saturated rings. The zero-order valence-corrected chi connectivity index (χ0v) is 12.4. The Labute approximate surface area is 114 Å². The topological polar surface area (TPSA) is 49.4 Å². The van der Waals surface area contributed by atoms with Crippen LogP contribution in [0.3, 0.4) is 0 Å². The monoisotopic (exact) mass is 288 g/mol. The number of sulfonamides is 1. The minimum atomic E-state index is -3.35. The Morgan fingerprint density at radius 2 is 1.84 bits per heavy atom. The van der Waals surface area contributed by atoms with Crippen LogP contribution < -0.4 is 9.62 Å². The molecule has 0 aliphatic carbocycles. The van der Waals surface area contributed by atoms with Gasteiger partial charge in [-0.25, -0.2) is 12.8 Å². The molecule has 108 valence electrons. The van der Waals surface area contributed by atoms with Crippen molar-refractivity contribution in [2.24, 2.45) is 0 Å². The van der Waals surface area contributed by atoms with Crippen LogP contribution in [-0.2, 0) is 10.0 Å². The molecule has 0 aliphatic heterocycles. The van der Waals surface area contributed by atoms with Crippen molar-refractivity contribution in [2.45, 2.75) is 26.3 Å². The summed E-state index contributed by atoms with van der Waals surface area (Å²) in [5.74, 6) is -0.309. The lowest BCUT2D eigenvalue weighted by molar-refractivity contribution is 0.568. The van der Waals surface area contributed by atoms with Gasteiger partial charge in [0.25, 0.3) is 0 Å². The third kappa shape index (κ3) is 5.16. The van der Waals surface area contributed by atoms with Crippen LogP contribution in [0.2, 0.25) is 0 Å². The van der Waals surface area contributed by atoms with Crippen molar-refractivity contribution >= 4 is 15.7 Å². The van der Waals surface area contributed by atoms with Crippen LogP contribution in [0.4, 0.5) is 10.1 Å². The summed E-state index contributed by atoms with van der Waals surface area (Å²) in [4.78, 5) is 0. The van der Waals surface area contributed by atoms with Crippen LogP contribution >= 0.6 is 0 Å². The molecular formula is C13H21FN2O2S. The lowest BCUT2D eigenvalue weighted by Crippen LogP contribution is -2.31. The highest BCUT2D eigenvalue weighted by atomic mass is 32.2. The number of rotatable bonds is 7.